The molecule has 0 atom stereocenters. The second-order valence-corrected chi connectivity index (χ2v) is 6.25. The molecule has 0 N–H and O–H groups in total. The van der Waals surface area contributed by atoms with Gasteiger partial charge in [0.25, 0.3) is 0 Å². The van der Waals surface area contributed by atoms with Gasteiger partial charge in [0.2, 0.25) is 0 Å². The maximum Gasteiger partial charge on any atom is 0.182 e. The molecule has 0 unspecified atom stereocenters. The summed E-state index contributed by atoms with van der Waals surface area (Å²) in [6.45, 7) is 7.70. The fourth-order valence-corrected chi connectivity index (χ4v) is 2.94. The molecule has 20 heavy (non-hydrogen) atoms. The van der Waals surface area contributed by atoms with Gasteiger partial charge in [0.05, 0.1) is 5.54 Å². The summed E-state index contributed by atoms with van der Waals surface area (Å²) >= 11 is 0. The van der Waals surface area contributed by atoms with Gasteiger partial charge in [-0.25, -0.2) is 4.39 Å². The van der Waals surface area contributed by atoms with Crippen molar-refractivity contribution < 1.29 is 9.18 Å². The molecule has 1 heterocycles. The van der Waals surface area contributed by atoms with E-state index in [2.05, 4.69) is 4.90 Å². The summed E-state index contributed by atoms with van der Waals surface area (Å²) in [5.41, 5.74) is 0.793. The highest BCUT2D eigenvalue weighted by molar-refractivity contribution is 6.03. The van der Waals surface area contributed by atoms with Crippen LogP contribution >= 0.6 is 0 Å². The van der Waals surface area contributed by atoms with Crippen LogP contribution in [0.15, 0.2) is 18.2 Å². The molecule has 0 bridgehead atoms. The Morgan fingerprint density at radius 2 is 1.75 bits per heavy atom. The Kier molecular flexibility index (Phi) is 4.59. The average molecular weight is 277 g/mol. The first-order valence-corrected chi connectivity index (χ1v) is 7.49. The van der Waals surface area contributed by atoms with Gasteiger partial charge in [0, 0.05) is 5.56 Å². The standard InChI is InChI=1S/C17H24FNO/c1-13-8-9-14(18)12-15(13)16(20)17(2,3)19-10-6-4-5-7-11-19/h8-9,12H,4-7,10-11H2,1-3H3. The molecule has 1 aromatic rings. The molecule has 1 fully saturated rings. The molecular weight excluding hydrogens is 253 g/mol. The predicted molar refractivity (Wildman–Crippen MR) is 79.6 cm³/mol. The molecule has 1 aromatic carbocycles. The van der Waals surface area contributed by atoms with Crippen molar-refractivity contribution in [3.8, 4) is 0 Å². The molecule has 0 aliphatic carbocycles. The normalized spacial score (nSPS) is 17.8. The number of halogens is 1. The van der Waals surface area contributed by atoms with Crippen LogP contribution in [0.25, 0.3) is 0 Å². The van der Waals surface area contributed by atoms with Gasteiger partial charge in [-0.15, -0.1) is 0 Å². The monoisotopic (exact) mass is 277 g/mol. The third kappa shape index (κ3) is 3.09. The molecule has 1 aliphatic rings. The first kappa shape index (κ1) is 15.2. The van der Waals surface area contributed by atoms with Crippen LogP contribution in [0.5, 0.6) is 0 Å². The fourth-order valence-electron chi connectivity index (χ4n) is 2.94. The third-order valence-corrected chi connectivity index (χ3v) is 4.40. The number of hydrogen-bond donors (Lipinski definition) is 0. The molecule has 0 radical (unpaired) electrons. The van der Waals surface area contributed by atoms with E-state index in [9.17, 15) is 9.18 Å². The first-order chi connectivity index (χ1) is 9.43. The summed E-state index contributed by atoms with van der Waals surface area (Å²) < 4.78 is 13.4. The number of nitrogens with zero attached hydrogens (tertiary/aromatic N) is 1. The molecule has 2 rings (SSSR count). The van der Waals surface area contributed by atoms with Crippen molar-refractivity contribution in [1.29, 1.82) is 0 Å². The predicted octanol–water partition coefficient (Wildman–Crippen LogP) is 3.97. The molecule has 1 aliphatic heterocycles. The maximum atomic E-state index is 13.4. The summed E-state index contributed by atoms with van der Waals surface area (Å²) in [6, 6.07) is 4.46. The van der Waals surface area contributed by atoms with Crippen molar-refractivity contribution in [2.45, 2.75) is 52.0 Å². The van der Waals surface area contributed by atoms with Crippen LogP contribution in [-0.2, 0) is 0 Å². The topological polar surface area (TPSA) is 20.3 Å². The molecule has 0 amide bonds. The van der Waals surface area contributed by atoms with Gasteiger partial charge in [-0.05, 0) is 64.4 Å². The van der Waals surface area contributed by atoms with E-state index in [0.717, 1.165) is 31.5 Å². The van der Waals surface area contributed by atoms with Gasteiger partial charge in [-0.3, -0.25) is 9.69 Å². The molecule has 2 nitrogen and oxygen atoms in total. The summed E-state index contributed by atoms with van der Waals surface area (Å²) in [6.07, 6.45) is 4.75. The Balaban J connectivity index is 2.27. The minimum atomic E-state index is -0.567. The van der Waals surface area contributed by atoms with Crippen molar-refractivity contribution in [2.75, 3.05) is 13.1 Å². The van der Waals surface area contributed by atoms with E-state index in [0.29, 0.717) is 5.56 Å². The largest absolute Gasteiger partial charge is 0.292 e. The summed E-state index contributed by atoms with van der Waals surface area (Å²) in [5, 5.41) is 0. The summed E-state index contributed by atoms with van der Waals surface area (Å²) in [7, 11) is 0. The van der Waals surface area contributed by atoms with E-state index in [1.165, 1.54) is 25.0 Å². The zero-order valence-corrected chi connectivity index (χ0v) is 12.7. The van der Waals surface area contributed by atoms with Crippen molar-refractivity contribution in [2.24, 2.45) is 0 Å². The Labute approximate surface area is 121 Å². The van der Waals surface area contributed by atoms with Gasteiger partial charge in [0.1, 0.15) is 5.82 Å². The minimum absolute atomic E-state index is 0.0244. The Morgan fingerprint density at radius 3 is 2.35 bits per heavy atom. The zero-order valence-electron chi connectivity index (χ0n) is 12.7. The Bertz CT molecular complexity index is 488. The SMILES string of the molecule is Cc1ccc(F)cc1C(=O)C(C)(C)N1CCCCCC1. The van der Waals surface area contributed by atoms with Gasteiger partial charge >= 0.3 is 0 Å². The number of carbonyl (C=O) groups is 1. The zero-order chi connectivity index (χ0) is 14.8. The lowest BCUT2D eigenvalue weighted by atomic mass is 9.88. The molecular formula is C17H24FNO. The van der Waals surface area contributed by atoms with Crippen LogP contribution < -0.4 is 0 Å². The number of rotatable bonds is 3. The first-order valence-electron chi connectivity index (χ1n) is 7.49. The van der Waals surface area contributed by atoms with Crippen LogP contribution in [0.2, 0.25) is 0 Å². The van der Waals surface area contributed by atoms with Gasteiger partial charge in [-0.1, -0.05) is 18.9 Å². The number of aryl methyl sites for hydroxylation is 1. The van der Waals surface area contributed by atoms with E-state index >= 15 is 0 Å². The van der Waals surface area contributed by atoms with E-state index in [1.54, 1.807) is 6.07 Å². The van der Waals surface area contributed by atoms with E-state index in [4.69, 9.17) is 0 Å². The van der Waals surface area contributed by atoms with Gasteiger partial charge < -0.3 is 0 Å². The smallest absolute Gasteiger partial charge is 0.182 e. The number of carbonyl (C=O) groups excluding carboxylic acids is 1. The lowest BCUT2D eigenvalue weighted by Gasteiger charge is -2.37. The van der Waals surface area contributed by atoms with Crippen LogP contribution in [0, 0.1) is 12.7 Å². The van der Waals surface area contributed by atoms with Crippen LogP contribution in [0.1, 0.15) is 55.5 Å². The van der Waals surface area contributed by atoms with Gasteiger partial charge in [0.15, 0.2) is 5.78 Å². The lowest BCUT2D eigenvalue weighted by molar-refractivity contribution is 0.0648. The van der Waals surface area contributed by atoms with Crippen molar-refractivity contribution in [3.63, 3.8) is 0 Å². The number of Topliss-reactive ketones (excluding diaryl/α,β-unsaturated/α-hetero) is 1. The van der Waals surface area contributed by atoms with Crippen molar-refractivity contribution >= 4 is 5.78 Å². The Morgan fingerprint density at radius 1 is 1.15 bits per heavy atom. The van der Waals surface area contributed by atoms with Crippen LogP contribution in [-0.4, -0.2) is 29.3 Å². The molecule has 0 spiro atoms. The second kappa shape index (κ2) is 6.04. The number of likely N-dealkylation sites (tertiary alicyclic amines) is 1. The van der Waals surface area contributed by atoms with Crippen LogP contribution in [0.3, 0.4) is 0 Å². The van der Waals surface area contributed by atoms with Crippen LogP contribution in [0.4, 0.5) is 4.39 Å². The van der Waals surface area contributed by atoms with Crippen molar-refractivity contribution in [3.05, 3.63) is 35.1 Å². The highest BCUT2D eigenvalue weighted by atomic mass is 19.1. The highest BCUT2D eigenvalue weighted by Gasteiger charge is 2.35. The molecule has 1 saturated heterocycles. The Hall–Kier alpha value is -1.22. The van der Waals surface area contributed by atoms with E-state index in [1.807, 2.05) is 20.8 Å². The minimum Gasteiger partial charge on any atom is -0.292 e. The lowest BCUT2D eigenvalue weighted by Crippen LogP contribution is -2.50. The average Bonchev–Trinajstić information content (AvgIpc) is 2.70. The fraction of sp³-hybridized carbons (Fsp3) is 0.588. The second-order valence-electron chi connectivity index (χ2n) is 6.25. The number of benzene rings is 1. The maximum absolute atomic E-state index is 13.4. The van der Waals surface area contributed by atoms with Gasteiger partial charge in [-0.2, -0.15) is 0 Å². The molecule has 3 heteroatoms. The number of ketones is 1. The van der Waals surface area contributed by atoms with E-state index < -0.39 is 5.54 Å². The quantitative estimate of drug-likeness (QED) is 0.779. The highest BCUT2D eigenvalue weighted by Crippen LogP contribution is 2.26. The summed E-state index contributed by atoms with van der Waals surface area (Å²) in [5.74, 6) is -0.318. The molecule has 110 valence electrons. The number of hydrogen-bond acceptors (Lipinski definition) is 2. The summed E-state index contributed by atoms with van der Waals surface area (Å²) in [4.78, 5) is 15.1. The molecule has 0 saturated carbocycles. The van der Waals surface area contributed by atoms with E-state index in [-0.39, 0.29) is 11.6 Å². The third-order valence-electron chi connectivity index (χ3n) is 4.40. The molecule has 0 aromatic heterocycles. The van der Waals surface area contributed by atoms with Crippen molar-refractivity contribution in [1.82, 2.24) is 4.90 Å².